The summed E-state index contributed by atoms with van der Waals surface area (Å²) in [6.07, 6.45) is 0. The number of likely N-dealkylation sites (N-methyl/N-ethyl adjacent to an activating group) is 1. The maximum absolute atomic E-state index is 12.3. The van der Waals surface area contributed by atoms with E-state index in [1.807, 2.05) is 25.8 Å². The summed E-state index contributed by atoms with van der Waals surface area (Å²) in [6.45, 7) is 10.8. The van der Waals surface area contributed by atoms with Gasteiger partial charge in [-0.1, -0.05) is 26.0 Å². The van der Waals surface area contributed by atoms with E-state index in [0.29, 0.717) is 6.04 Å². The van der Waals surface area contributed by atoms with Crippen molar-refractivity contribution in [3.63, 3.8) is 0 Å². The third-order valence-corrected chi connectivity index (χ3v) is 4.17. The average molecular weight is 289 g/mol. The van der Waals surface area contributed by atoms with E-state index < -0.39 is 5.54 Å². The third-order valence-electron chi connectivity index (χ3n) is 4.17. The second kappa shape index (κ2) is 6.06. The first kappa shape index (κ1) is 15.8. The van der Waals surface area contributed by atoms with Crippen molar-refractivity contribution in [2.75, 3.05) is 25.0 Å². The Morgan fingerprint density at radius 1 is 1.19 bits per heavy atom. The molecule has 0 aromatic heterocycles. The fourth-order valence-electron chi connectivity index (χ4n) is 2.78. The maximum Gasteiger partial charge on any atom is 0.247 e. The molecule has 1 aromatic rings. The summed E-state index contributed by atoms with van der Waals surface area (Å²) in [5, 5.41) is 3.42. The molecule has 1 aliphatic heterocycles. The van der Waals surface area contributed by atoms with Gasteiger partial charge < -0.3 is 15.1 Å². The summed E-state index contributed by atoms with van der Waals surface area (Å²) in [7, 11) is 1.88. The van der Waals surface area contributed by atoms with Crippen LogP contribution in [0.25, 0.3) is 0 Å². The predicted molar refractivity (Wildman–Crippen MR) is 87.5 cm³/mol. The predicted octanol–water partition coefficient (Wildman–Crippen LogP) is 2.24. The number of carbonyl (C=O) groups is 1. The Bertz CT molecular complexity index is 493. The van der Waals surface area contributed by atoms with Gasteiger partial charge >= 0.3 is 0 Å². The summed E-state index contributed by atoms with van der Waals surface area (Å²) in [5.41, 5.74) is 1.91. The van der Waals surface area contributed by atoms with Gasteiger partial charge in [-0.15, -0.1) is 0 Å². The lowest BCUT2D eigenvalue weighted by molar-refractivity contribution is -0.136. The minimum absolute atomic E-state index is 0.180. The van der Waals surface area contributed by atoms with E-state index in [-0.39, 0.29) is 5.91 Å². The number of benzene rings is 1. The molecule has 1 N–H and O–H groups in total. The highest BCUT2D eigenvalue weighted by atomic mass is 16.2. The number of carbonyl (C=O) groups excluding carboxylic acids is 1. The third kappa shape index (κ3) is 3.38. The molecule has 1 aromatic carbocycles. The molecule has 4 heteroatoms. The summed E-state index contributed by atoms with van der Waals surface area (Å²) < 4.78 is 0. The van der Waals surface area contributed by atoms with Gasteiger partial charge in [0.1, 0.15) is 5.54 Å². The molecule has 0 atom stereocenters. The molecule has 1 saturated heterocycles. The molecule has 0 radical (unpaired) electrons. The van der Waals surface area contributed by atoms with Crippen LogP contribution >= 0.6 is 0 Å². The molecular weight excluding hydrogens is 262 g/mol. The number of hydrogen-bond acceptors (Lipinski definition) is 3. The van der Waals surface area contributed by atoms with Gasteiger partial charge in [-0.25, -0.2) is 0 Å². The number of piperazine rings is 1. The number of amides is 1. The van der Waals surface area contributed by atoms with Gasteiger partial charge in [0.05, 0.1) is 0 Å². The van der Waals surface area contributed by atoms with Crippen LogP contribution in [-0.2, 0) is 11.3 Å². The van der Waals surface area contributed by atoms with Crippen molar-refractivity contribution in [3.8, 4) is 0 Å². The van der Waals surface area contributed by atoms with Crippen LogP contribution in [0.1, 0.15) is 33.3 Å². The van der Waals surface area contributed by atoms with E-state index in [4.69, 9.17) is 0 Å². The summed E-state index contributed by atoms with van der Waals surface area (Å²) in [4.78, 5) is 16.4. The quantitative estimate of drug-likeness (QED) is 0.923. The molecule has 1 fully saturated rings. The highest BCUT2D eigenvalue weighted by Crippen LogP contribution is 2.28. The van der Waals surface area contributed by atoms with Crippen LogP contribution in [0.2, 0.25) is 0 Å². The molecule has 1 heterocycles. The standard InChI is InChI=1S/C17H27N3O/c1-13(2)18-12-14-6-8-15(9-7-14)20-11-10-19(5)16(21)17(20,3)4/h6-9,13,18H,10-12H2,1-5H3. The van der Waals surface area contributed by atoms with Crippen LogP contribution in [0, 0.1) is 0 Å². The molecule has 116 valence electrons. The van der Waals surface area contributed by atoms with Gasteiger partial charge in [0.15, 0.2) is 0 Å². The zero-order valence-corrected chi connectivity index (χ0v) is 13.8. The Labute approximate surface area is 128 Å². The van der Waals surface area contributed by atoms with Crippen LogP contribution < -0.4 is 10.2 Å². The summed E-state index contributed by atoms with van der Waals surface area (Å²) in [6, 6.07) is 9.02. The first-order chi connectivity index (χ1) is 9.82. The van der Waals surface area contributed by atoms with Crippen molar-refractivity contribution in [1.82, 2.24) is 10.2 Å². The highest BCUT2D eigenvalue weighted by molar-refractivity contribution is 5.90. The van der Waals surface area contributed by atoms with Gasteiger partial charge in [0, 0.05) is 38.4 Å². The Hall–Kier alpha value is -1.55. The zero-order valence-electron chi connectivity index (χ0n) is 13.8. The van der Waals surface area contributed by atoms with Crippen LogP contribution in [0.15, 0.2) is 24.3 Å². The van der Waals surface area contributed by atoms with Gasteiger partial charge in [0.25, 0.3) is 0 Å². The summed E-state index contributed by atoms with van der Waals surface area (Å²) >= 11 is 0. The minimum Gasteiger partial charge on any atom is -0.356 e. The Morgan fingerprint density at radius 2 is 1.81 bits per heavy atom. The monoisotopic (exact) mass is 289 g/mol. The van der Waals surface area contributed by atoms with Crippen LogP contribution in [0.3, 0.4) is 0 Å². The van der Waals surface area contributed by atoms with Crippen molar-refractivity contribution >= 4 is 11.6 Å². The first-order valence-electron chi connectivity index (χ1n) is 7.68. The van der Waals surface area contributed by atoms with Gasteiger partial charge in [-0.3, -0.25) is 4.79 Å². The molecule has 1 amide bonds. The fraction of sp³-hybridized carbons (Fsp3) is 0.588. The molecule has 21 heavy (non-hydrogen) atoms. The number of anilines is 1. The topological polar surface area (TPSA) is 35.6 Å². The van der Waals surface area contributed by atoms with Crippen molar-refractivity contribution in [2.45, 2.75) is 45.8 Å². The largest absolute Gasteiger partial charge is 0.356 e. The van der Waals surface area contributed by atoms with Crippen LogP contribution in [0.5, 0.6) is 0 Å². The van der Waals surface area contributed by atoms with E-state index in [2.05, 4.69) is 48.3 Å². The normalized spacial score (nSPS) is 18.5. The molecule has 0 saturated carbocycles. The Morgan fingerprint density at radius 3 is 2.38 bits per heavy atom. The fourth-order valence-corrected chi connectivity index (χ4v) is 2.78. The van der Waals surface area contributed by atoms with Crippen molar-refractivity contribution < 1.29 is 4.79 Å². The Balaban J connectivity index is 2.13. The SMILES string of the molecule is CC(C)NCc1ccc(N2CCN(C)C(=O)C2(C)C)cc1. The van der Waals surface area contributed by atoms with Crippen molar-refractivity contribution in [2.24, 2.45) is 0 Å². The van der Waals surface area contributed by atoms with E-state index in [1.54, 1.807) is 0 Å². The lowest BCUT2D eigenvalue weighted by Gasteiger charge is -2.46. The number of rotatable bonds is 4. The Kier molecular flexibility index (Phi) is 4.57. The van der Waals surface area contributed by atoms with Gasteiger partial charge in [-0.05, 0) is 31.5 Å². The molecule has 0 aliphatic carbocycles. The van der Waals surface area contributed by atoms with Crippen molar-refractivity contribution in [3.05, 3.63) is 29.8 Å². The van der Waals surface area contributed by atoms with E-state index in [0.717, 1.165) is 25.3 Å². The van der Waals surface area contributed by atoms with E-state index in [9.17, 15) is 4.79 Å². The molecule has 1 aliphatic rings. The molecule has 0 unspecified atom stereocenters. The smallest absolute Gasteiger partial charge is 0.247 e. The highest BCUT2D eigenvalue weighted by Gasteiger charge is 2.40. The average Bonchev–Trinajstić information content (AvgIpc) is 2.43. The minimum atomic E-state index is -0.481. The van der Waals surface area contributed by atoms with Gasteiger partial charge in [-0.2, -0.15) is 0 Å². The van der Waals surface area contributed by atoms with Gasteiger partial charge in [0.2, 0.25) is 5.91 Å². The lowest BCUT2D eigenvalue weighted by Crippen LogP contribution is -2.62. The number of hydrogen-bond donors (Lipinski definition) is 1. The second-order valence-electron chi connectivity index (χ2n) is 6.64. The summed E-state index contributed by atoms with van der Waals surface area (Å²) in [5.74, 6) is 0.180. The zero-order chi connectivity index (χ0) is 15.6. The number of nitrogens with one attached hydrogen (secondary N) is 1. The molecule has 2 rings (SSSR count). The molecule has 4 nitrogen and oxygen atoms in total. The first-order valence-corrected chi connectivity index (χ1v) is 7.68. The number of nitrogens with zero attached hydrogens (tertiary/aromatic N) is 2. The molecule has 0 spiro atoms. The molecular formula is C17H27N3O. The van der Waals surface area contributed by atoms with Crippen LogP contribution in [0.4, 0.5) is 5.69 Å². The van der Waals surface area contributed by atoms with E-state index in [1.165, 1.54) is 5.56 Å². The second-order valence-corrected chi connectivity index (χ2v) is 6.64. The maximum atomic E-state index is 12.3. The lowest BCUT2D eigenvalue weighted by atomic mass is 9.96. The molecule has 0 bridgehead atoms. The van der Waals surface area contributed by atoms with Crippen molar-refractivity contribution in [1.29, 1.82) is 0 Å². The van der Waals surface area contributed by atoms with E-state index >= 15 is 0 Å². The van der Waals surface area contributed by atoms with Crippen LogP contribution in [-0.4, -0.2) is 42.5 Å².